The third kappa shape index (κ3) is 8.98. The van der Waals surface area contributed by atoms with Crippen LogP contribution >= 0.6 is 23.5 Å². The van der Waals surface area contributed by atoms with Gasteiger partial charge < -0.3 is 29.8 Å². The van der Waals surface area contributed by atoms with E-state index in [1.54, 1.807) is 18.6 Å². The lowest BCUT2D eigenvalue weighted by atomic mass is 10.4. The highest BCUT2D eigenvalue weighted by Crippen LogP contribution is 2.64. The third-order valence-corrected chi connectivity index (χ3v) is 5.05. The van der Waals surface area contributed by atoms with Gasteiger partial charge in [-0.1, -0.05) is 0 Å². The molecule has 2 rings (SSSR count). The van der Waals surface area contributed by atoms with Crippen LogP contribution in [0, 0.1) is 0 Å². The number of nitrogens with one attached hydrogen (secondary N) is 1. The zero-order valence-electron chi connectivity index (χ0n) is 10.9. The maximum atomic E-state index is 10.4. The molecule has 14 nitrogen and oxygen atoms in total. The average molecular weight is 392 g/mol. The van der Waals surface area contributed by atoms with E-state index in [-0.39, 0.29) is 0 Å². The molecule has 0 amide bonds. The van der Waals surface area contributed by atoms with E-state index < -0.39 is 23.5 Å². The standard InChI is InChI=1S/C6H6N4.H5O10P3/c1-2-9-6-5(8-1)3-7-4-10-6;1-11(2,3)9-13(7,8)10-12(4,5)6/h1-3H,4H2,(H,9,10);(H,7,8)(H2,1,2,3)(H2,4,5,6). The van der Waals surface area contributed by atoms with Gasteiger partial charge in [-0.3, -0.25) is 4.99 Å². The number of rotatable bonds is 4. The fraction of sp³-hybridized carbons (Fsp3) is 0.167. The number of aliphatic imine (C=N–C) groups is 1. The van der Waals surface area contributed by atoms with Gasteiger partial charge in [0.2, 0.25) is 0 Å². The van der Waals surface area contributed by atoms with E-state index in [9.17, 15) is 13.7 Å². The Bertz CT molecular complexity index is 684. The van der Waals surface area contributed by atoms with Crippen LogP contribution in [0.3, 0.4) is 0 Å². The Labute approximate surface area is 128 Å². The fourth-order valence-electron chi connectivity index (χ4n) is 1.12. The maximum absolute atomic E-state index is 10.4. The molecule has 1 aromatic rings. The number of fused-ring (bicyclic) bond motifs is 1. The smallest absolute Gasteiger partial charge is 0.349 e. The van der Waals surface area contributed by atoms with E-state index in [4.69, 9.17) is 24.5 Å². The van der Waals surface area contributed by atoms with Gasteiger partial charge in [0.05, 0.1) is 6.21 Å². The maximum Gasteiger partial charge on any atom is 0.490 e. The Morgan fingerprint density at radius 2 is 1.48 bits per heavy atom. The first-order valence-electron chi connectivity index (χ1n) is 5.29. The number of hydrogen-bond donors (Lipinski definition) is 6. The van der Waals surface area contributed by atoms with Crippen molar-refractivity contribution in [1.82, 2.24) is 9.97 Å². The molecule has 23 heavy (non-hydrogen) atoms. The molecule has 0 spiro atoms. The topological polar surface area (TPSA) is 221 Å². The van der Waals surface area contributed by atoms with Crippen LogP contribution in [-0.4, -0.2) is 47.3 Å². The summed E-state index contributed by atoms with van der Waals surface area (Å²) in [6.45, 7) is 0.603. The molecular weight excluding hydrogens is 381 g/mol. The Morgan fingerprint density at radius 3 is 1.96 bits per heavy atom. The lowest BCUT2D eigenvalue weighted by Gasteiger charge is -2.11. The van der Waals surface area contributed by atoms with Crippen molar-refractivity contribution in [3.8, 4) is 0 Å². The van der Waals surface area contributed by atoms with Crippen molar-refractivity contribution in [1.29, 1.82) is 0 Å². The van der Waals surface area contributed by atoms with Crippen LogP contribution in [-0.2, 0) is 22.3 Å². The summed E-state index contributed by atoms with van der Waals surface area (Å²) in [6.07, 6.45) is 5.03. The molecule has 1 aliphatic heterocycles. The molecule has 0 fully saturated rings. The van der Waals surface area contributed by atoms with Crippen LogP contribution in [0.25, 0.3) is 0 Å². The lowest BCUT2D eigenvalue weighted by molar-refractivity contribution is 0.204. The lowest BCUT2D eigenvalue weighted by Crippen LogP contribution is -2.10. The molecule has 0 atom stereocenters. The summed E-state index contributed by atoms with van der Waals surface area (Å²) in [4.78, 5) is 52.3. The second-order valence-electron chi connectivity index (χ2n) is 3.55. The predicted molar refractivity (Wildman–Crippen MR) is 74.2 cm³/mol. The molecular formula is C6H11N4O10P3. The monoisotopic (exact) mass is 392 g/mol. The van der Waals surface area contributed by atoms with Crippen LogP contribution < -0.4 is 5.32 Å². The highest BCUT2D eigenvalue weighted by molar-refractivity contribution is 7.66. The Morgan fingerprint density at radius 1 is 0.957 bits per heavy atom. The van der Waals surface area contributed by atoms with E-state index in [0.717, 1.165) is 11.5 Å². The minimum Gasteiger partial charge on any atom is -0.349 e. The Hall–Kier alpha value is -1.04. The minimum atomic E-state index is -5.46. The molecule has 0 unspecified atom stereocenters. The predicted octanol–water partition coefficient (Wildman–Crippen LogP) is -0.416. The molecule has 0 radical (unpaired) electrons. The first kappa shape index (κ1) is 20.0. The average Bonchev–Trinajstić information content (AvgIpc) is 2.33. The molecule has 130 valence electrons. The summed E-state index contributed by atoms with van der Waals surface area (Å²) in [6, 6.07) is 0. The van der Waals surface area contributed by atoms with E-state index >= 15 is 0 Å². The Kier molecular flexibility index (Phi) is 6.69. The zero-order valence-corrected chi connectivity index (χ0v) is 13.6. The number of aromatic nitrogens is 2. The van der Waals surface area contributed by atoms with Gasteiger partial charge in [0, 0.05) is 12.4 Å². The number of nitrogens with zero attached hydrogens (tertiary/aromatic N) is 3. The molecule has 1 aliphatic rings. The molecule has 0 bridgehead atoms. The fourth-order valence-corrected chi connectivity index (χ4v) is 3.65. The van der Waals surface area contributed by atoms with E-state index in [0.29, 0.717) is 6.67 Å². The van der Waals surface area contributed by atoms with Gasteiger partial charge in [-0.15, -0.1) is 0 Å². The van der Waals surface area contributed by atoms with Gasteiger partial charge in [0.15, 0.2) is 5.82 Å². The summed E-state index contributed by atoms with van der Waals surface area (Å²) >= 11 is 0. The molecule has 0 saturated carbocycles. The zero-order chi connectivity index (χ0) is 17.7. The number of phosphoric acid groups is 3. The third-order valence-electron chi connectivity index (χ3n) is 1.70. The van der Waals surface area contributed by atoms with Gasteiger partial charge in [-0.2, -0.15) is 8.62 Å². The summed E-state index contributed by atoms with van der Waals surface area (Å²) in [5.41, 5.74) is 0.814. The normalized spacial score (nSPS) is 14.3. The summed E-state index contributed by atoms with van der Waals surface area (Å²) < 4.78 is 36.4. The quantitative estimate of drug-likeness (QED) is 0.359. The van der Waals surface area contributed by atoms with Crippen LogP contribution in [0.5, 0.6) is 0 Å². The second kappa shape index (κ2) is 7.69. The van der Waals surface area contributed by atoms with Gasteiger partial charge in [0.1, 0.15) is 12.4 Å². The largest absolute Gasteiger partial charge is 0.490 e. The molecule has 2 heterocycles. The highest BCUT2D eigenvalue weighted by Gasteiger charge is 2.38. The summed E-state index contributed by atoms with van der Waals surface area (Å²) in [5.74, 6) is 0.817. The summed E-state index contributed by atoms with van der Waals surface area (Å²) in [5, 5.41) is 2.99. The SMILES string of the molecule is C1=NCNc2nccnc21.O=P(O)(O)OP(=O)(O)OP(=O)(O)O. The van der Waals surface area contributed by atoms with Crippen LogP contribution in [0.1, 0.15) is 5.69 Å². The second-order valence-corrected chi connectivity index (χ2v) is 7.76. The highest BCUT2D eigenvalue weighted by atomic mass is 31.3. The van der Waals surface area contributed by atoms with Crippen LogP contribution in [0.2, 0.25) is 0 Å². The van der Waals surface area contributed by atoms with Crippen molar-refractivity contribution in [3.05, 3.63) is 18.1 Å². The van der Waals surface area contributed by atoms with Gasteiger partial charge >= 0.3 is 23.5 Å². The van der Waals surface area contributed by atoms with Gasteiger partial charge in [-0.05, 0) is 0 Å². The van der Waals surface area contributed by atoms with E-state index in [1.807, 2.05) is 0 Å². The minimum absolute atomic E-state index is 0.603. The molecule has 0 aliphatic carbocycles. The van der Waals surface area contributed by atoms with Crippen LogP contribution in [0.4, 0.5) is 5.82 Å². The van der Waals surface area contributed by atoms with Crippen LogP contribution in [0.15, 0.2) is 17.4 Å². The Balaban J connectivity index is 0.000000235. The van der Waals surface area contributed by atoms with Crippen molar-refractivity contribution in [3.63, 3.8) is 0 Å². The molecule has 17 heteroatoms. The van der Waals surface area contributed by atoms with E-state index in [1.165, 1.54) is 0 Å². The van der Waals surface area contributed by atoms with E-state index in [2.05, 4.69) is 28.9 Å². The van der Waals surface area contributed by atoms with Crippen molar-refractivity contribution in [2.45, 2.75) is 0 Å². The van der Waals surface area contributed by atoms with Crippen molar-refractivity contribution < 1.29 is 46.8 Å². The first-order chi connectivity index (χ1) is 10.4. The van der Waals surface area contributed by atoms with Crippen molar-refractivity contribution >= 4 is 35.5 Å². The van der Waals surface area contributed by atoms with Crippen molar-refractivity contribution in [2.75, 3.05) is 12.0 Å². The molecule has 0 saturated heterocycles. The van der Waals surface area contributed by atoms with Gasteiger partial charge in [-0.25, -0.2) is 23.7 Å². The summed E-state index contributed by atoms with van der Waals surface area (Å²) in [7, 11) is -16.2. The van der Waals surface area contributed by atoms with Gasteiger partial charge in [0.25, 0.3) is 0 Å². The number of anilines is 1. The molecule has 1 aromatic heterocycles. The molecule has 0 aromatic carbocycles. The number of hydrogen-bond acceptors (Lipinski definition) is 9. The van der Waals surface area contributed by atoms with Crippen molar-refractivity contribution in [2.24, 2.45) is 4.99 Å². The molecule has 6 N–H and O–H groups in total. The first-order valence-corrected chi connectivity index (χ1v) is 9.85.